The molecule has 4 aliphatic rings. The fraction of sp³-hybridized carbons (Fsp3) is 0.846. The summed E-state index contributed by atoms with van der Waals surface area (Å²) in [4.78, 5) is 25.5. The zero-order valence-corrected chi connectivity index (χ0v) is 19.6. The van der Waals surface area contributed by atoms with Gasteiger partial charge in [0, 0.05) is 11.8 Å². The predicted octanol–water partition coefficient (Wildman–Crippen LogP) is 5.70. The van der Waals surface area contributed by atoms with Crippen molar-refractivity contribution in [1.29, 1.82) is 0 Å². The summed E-state index contributed by atoms with van der Waals surface area (Å²) < 4.78 is 11.5. The fourth-order valence-corrected chi connectivity index (χ4v) is 8.52. The van der Waals surface area contributed by atoms with Gasteiger partial charge in [0.2, 0.25) is 0 Å². The Labute approximate surface area is 182 Å². The minimum Gasteiger partial charge on any atom is -0.469 e. The average Bonchev–Trinajstić information content (AvgIpc) is 2.86. The first-order chi connectivity index (χ1) is 14.1. The van der Waals surface area contributed by atoms with Crippen LogP contribution in [0.5, 0.6) is 0 Å². The van der Waals surface area contributed by atoms with E-state index in [1.54, 1.807) is 0 Å². The Morgan fingerprint density at radius 3 is 2.50 bits per heavy atom. The molecule has 4 rings (SSSR count). The summed E-state index contributed by atoms with van der Waals surface area (Å²) in [6.07, 6.45) is 8.90. The molecule has 2 bridgehead atoms. The van der Waals surface area contributed by atoms with Gasteiger partial charge in [-0.25, -0.2) is 0 Å². The van der Waals surface area contributed by atoms with Gasteiger partial charge in [-0.1, -0.05) is 33.8 Å². The number of hydrogen-bond acceptors (Lipinski definition) is 4. The lowest BCUT2D eigenvalue weighted by molar-refractivity contribution is -0.198. The van der Waals surface area contributed by atoms with Crippen molar-refractivity contribution in [3.05, 3.63) is 12.2 Å². The lowest BCUT2D eigenvalue weighted by atomic mass is 9.40. The molecular weight excluding hydrogens is 376 g/mol. The maximum absolute atomic E-state index is 12.9. The van der Waals surface area contributed by atoms with Crippen LogP contribution in [0, 0.1) is 39.9 Å². The second kappa shape index (κ2) is 7.38. The number of esters is 2. The summed E-state index contributed by atoms with van der Waals surface area (Å²) in [7, 11) is 1.53. The third-order valence-corrected chi connectivity index (χ3v) is 9.65. The molecule has 0 heterocycles. The maximum atomic E-state index is 12.9. The Morgan fingerprint density at radius 2 is 1.83 bits per heavy atom. The highest BCUT2D eigenvalue weighted by Gasteiger charge is 2.68. The van der Waals surface area contributed by atoms with E-state index in [1.165, 1.54) is 7.11 Å². The van der Waals surface area contributed by atoms with E-state index in [1.807, 2.05) is 0 Å². The Morgan fingerprint density at radius 1 is 1.10 bits per heavy atom. The molecule has 7 atom stereocenters. The van der Waals surface area contributed by atoms with E-state index in [4.69, 9.17) is 9.47 Å². The molecule has 0 aliphatic heterocycles. The summed E-state index contributed by atoms with van der Waals surface area (Å²) in [5.41, 5.74) is 0.840. The Hall–Kier alpha value is -1.32. The molecule has 4 heteroatoms. The number of rotatable bonds is 4. The predicted molar refractivity (Wildman–Crippen MR) is 117 cm³/mol. The van der Waals surface area contributed by atoms with Crippen molar-refractivity contribution in [2.24, 2.45) is 39.9 Å². The summed E-state index contributed by atoms with van der Waals surface area (Å²) >= 11 is 0. The van der Waals surface area contributed by atoms with Crippen LogP contribution >= 0.6 is 0 Å². The van der Waals surface area contributed by atoms with Crippen molar-refractivity contribution in [1.82, 2.24) is 0 Å². The maximum Gasteiger partial charge on any atom is 0.311 e. The van der Waals surface area contributed by atoms with Crippen molar-refractivity contribution < 1.29 is 19.1 Å². The molecule has 4 nitrogen and oxygen atoms in total. The van der Waals surface area contributed by atoms with Gasteiger partial charge in [0.15, 0.2) is 0 Å². The number of carbonyl (C=O) groups is 2. The lowest BCUT2D eigenvalue weighted by Gasteiger charge is -2.64. The van der Waals surface area contributed by atoms with Crippen LogP contribution in [0.2, 0.25) is 0 Å². The van der Waals surface area contributed by atoms with Crippen molar-refractivity contribution >= 4 is 11.9 Å². The quantitative estimate of drug-likeness (QED) is 0.436. The molecule has 0 aromatic carbocycles. The summed E-state index contributed by atoms with van der Waals surface area (Å²) in [6, 6.07) is 0. The molecule has 0 aromatic rings. The second-order valence-corrected chi connectivity index (χ2v) is 11.7. The third kappa shape index (κ3) is 2.99. The third-order valence-electron chi connectivity index (χ3n) is 9.65. The number of fused-ring (bicyclic) bond motifs is 3. The number of ether oxygens (including phenoxy) is 2. The van der Waals surface area contributed by atoms with Crippen LogP contribution in [0.25, 0.3) is 0 Å². The largest absolute Gasteiger partial charge is 0.469 e. The van der Waals surface area contributed by atoms with Gasteiger partial charge in [-0.2, -0.15) is 0 Å². The molecule has 0 radical (unpaired) electrons. The van der Waals surface area contributed by atoms with Gasteiger partial charge in [0.05, 0.1) is 12.5 Å². The molecule has 1 spiro atoms. The Bertz CT molecular complexity index is 741. The van der Waals surface area contributed by atoms with E-state index in [0.29, 0.717) is 30.1 Å². The van der Waals surface area contributed by atoms with Gasteiger partial charge in [0.25, 0.3) is 0 Å². The molecule has 4 fully saturated rings. The SMILES string of the molecule is C=C1[C@@H]2CC[C@H]3[C@]4(C)CCC[C@](C)(C(=O)OC)[C@H]4CC[C@]3(C2)[C@H]1OC(=O)CC(C)C. The number of hydrogen-bond donors (Lipinski definition) is 0. The van der Waals surface area contributed by atoms with Crippen LogP contribution in [-0.4, -0.2) is 25.2 Å². The van der Waals surface area contributed by atoms with E-state index < -0.39 is 5.41 Å². The summed E-state index contributed by atoms with van der Waals surface area (Å²) in [5.74, 6) is 1.46. The first kappa shape index (κ1) is 21.9. The molecule has 0 unspecified atom stereocenters. The Kier molecular flexibility index (Phi) is 5.38. The molecule has 0 saturated heterocycles. The first-order valence-corrected chi connectivity index (χ1v) is 12.0. The second-order valence-electron chi connectivity index (χ2n) is 11.7. The molecule has 30 heavy (non-hydrogen) atoms. The van der Waals surface area contributed by atoms with Gasteiger partial charge in [-0.3, -0.25) is 9.59 Å². The highest BCUT2D eigenvalue weighted by molar-refractivity contribution is 5.77. The topological polar surface area (TPSA) is 52.6 Å². The number of methoxy groups -OCH3 is 1. The van der Waals surface area contributed by atoms with Crippen LogP contribution < -0.4 is 0 Å². The van der Waals surface area contributed by atoms with Crippen LogP contribution in [0.4, 0.5) is 0 Å². The van der Waals surface area contributed by atoms with E-state index in [0.717, 1.165) is 56.9 Å². The van der Waals surface area contributed by atoms with Gasteiger partial charge in [0.1, 0.15) is 6.10 Å². The van der Waals surface area contributed by atoms with Crippen molar-refractivity contribution in [3.8, 4) is 0 Å². The highest BCUT2D eigenvalue weighted by Crippen LogP contribution is 2.72. The Balaban J connectivity index is 1.69. The molecule has 4 aliphatic carbocycles. The molecule has 0 aromatic heterocycles. The molecular formula is C26H40O4. The monoisotopic (exact) mass is 416 g/mol. The lowest BCUT2D eigenvalue weighted by Crippen LogP contribution is -2.60. The highest BCUT2D eigenvalue weighted by atomic mass is 16.5. The fourth-order valence-electron chi connectivity index (χ4n) is 8.52. The van der Waals surface area contributed by atoms with Crippen LogP contribution in [0.3, 0.4) is 0 Å². The van der Waals surface area contributed by atoms with Crippen molar-refractivity contribution in [2.75, 3.05) is 7.11 Å². The van der Waals surface area contributed by atoms with Gasteiger partial charge in [-0.05, 0) is 86.5 Å². The van der Waals surface area contributed by atoms with E-state index in [2.05, 4.69) is 34.3 Å². The first-order valence-electron chi connectivity index (χ1n) is 12.0. The standard InChI is InChI=1S/C26H40O4/c1-16(2)14-21(27)30-22-17(3)18-8-9-20-24(4)11-7-12-25(5,23(28)29-6)19(24)10-13-26(20,22)15-18/h16,18-20,22H,3,7-15H2,1-2,4-6H3/t18-,19+,20+,22+,24-,25+,26-/m1/s1. The molecule has 4 saturated carbocycles. The normalized spacial score (nSPS) is 44.9. The van der Waals surface area contributed by atoms with Crippen molar-refractivity contribution in [2.45, 2.75) is 91.6 Å². The smallest absolute Gasteiger partial charge is 0.311 e. The summed E-state index contributed by atoms with van der Waals surface area (Å²) in [6.45, 7) is 13.1. The minimum atomic E-state index is -0.403. The molecule has 0 amide bonds. The summed E-state index contributed by atoms with van der Waals surface area (Å²) in [5, 5.41) is 0. The van der Waals surface area contributed by atoms with Crippen LogP contribution in [0.1, 0.15) is 85.5 Å². The van der Waals surface area contributed by atoms with E-state index in [-0.39, 0.29) is 28.9 Å². The van der Waals surface area contributed by atoms with Gasteiger partial charge in [-0.15, -0.1) is 0 Å². The zero-order chi connectivity index (χ0) is 21.9. The zero-order valence-electron chi connectivity index (χ0n) is 19.6. The van der Waals surface area contributed by atoms with Crippen LogP contribution in [0.15, 0.2) is 12.2 Å². The van der Waals surface area contributed by atoms with E-state index >= 15 is 0 Å². The van der Waals surface area contributed by atoms with Crippen LogP contribution in [-0.2, 0) is 19.1 Å². The average molecular weight is 417 g/mol. The van der Waals surface area contributed by atoms with Crippen molar-refractivity contribution in [3.63, 3.8) is 0 Å². The van der Waals surface area contributed by atoms with Gasteiger partial charge >= 0.3 is 11.9 Å². The molecule has 168 valence electrons. The number of carbonyl (C=O) groups excluding carboxylic acids is 2. The minimum absolute atomic E-state index is 0.00621. The van der Waals surface area contributed by atoms with Gasteiger partial charge < -0.3 is 9.47 Å². The van der Waals surface area contributed by atoms with E-state index in [9.17, 15) is 9.59 Å². The molecule has 0 N–H and O–H groups in total.